The highest BCUT2D eigenvalue weighted by Crippen LogP contribution is 2.27. The molecular formula is C23H27N5O. The molecule has 2 aromatic carbocycles. The topological polar surface area (TPSA) is 62.3 Å². The number of para-hydroxylation sites is 1. The molecule has 1 aromatic heterocycles. The zero-order valence-electron chi connectivity index (χ0n) is 17.0. The third kappa shape index (κ3) is 4.77. The molecule has 150 valence electrons. The molecule has 0 amide bonds. The van der Waals surface area contributed by atoms with Gasteiger partial charge in [0.2, 0.25) is 5.95 Å². The van der Waals surface area contributed by atoms with Crippen LogP contribution >= 0.6 is 0 Å². The number of rotatable bonds is 6. The lowest BCUT2D eigenvalue weighted by molar-refractivity contribution is 0.415. The normalized spacial score (nSPS) is 13.8. The molecule has 1 fully saturated rings. The van der Waals surface area contributed by atoms with Gasteiger partial charge in [-0.2, -0.15) is 9.97 Å². The van der Waals surface area contributed by atoms with Crippen molar-refractivity contribution in [2.24, 2.45) is 0 Å². The van der Waals surface area contributed by atoms with Gasteiger partial charge in [-0.25, -0.2) is 0 Å². The second-order valence-electron chi connectivity index (χ2n) is 7.28. The highest BCUT2D eigenvalue weighted by Gasteiger charge is 2.15. The summed E-state index contributed by atoms with van der Waals surface area (Å²) >= 11 is 0. The van der Waals surface area contributed by atoms with E-state index in [1.54, 1.807) is 7.11 Å². The molecule has 2 heterocycles. The van der Waals surface area contributed by atoms with E-state index in [1.807, 2.05) is 42.5 Å². The van der Waals surface area contributed by atoms with Crippen LogP contribution in [0.5, 0.6) is 5.75 Å². The van der Waals surface area contributed by atoms with E-state index in [1.165, 1.54) is 24.8 Å². The van der Waals surface area contributed by atoms with Crippen LogP contribution in [0.15, 0.2) is 54.6 Å². The molecule has 0 spiro atoms. The predicted molar refractivity (Wildman–Crippen MR) is 119 cm³/mol. The molecule has 1 aliphatic rings. The number of nitrogens with zero attached hydrogens (tertiary/aromatic N) is 3. The van der Waals surface area contributed by atoms with Crippen LogP contribution in [-0.4, -0.2) is 30.2 Å². The number of hydrogen-bond donors (Lipinski definition) is 2. The maximum Gasteiger partial charge on any atom is 0.231 e. The van der Waals surface area contributed by atoms with Gasteiger partial charge in [0.25, 0.3) is 0 Å². The molecule has 6 heteroatoms. The number of anilines is 5. The first-order valence-corrected chi connectivity index (χ1v) is 10.1. The molecule has 1 aliphatic heterocycles. The molecule has 6 nitrogen and oxygen atoms in total. The van der Waals surface area contributed by atoms with Crippen molar-refractivity contribution in [1.82, 2.24) is 9.97 Å². The maximum absolute atomic E-state index is 5.24. The van der Waals surface area contributed by atoms with Gasteiger partial charge in [0, 0.05) is 30.5 Å². The molecule has 0 unspecified atom stereocenters. The molecular weight excluding hydrogens is 362 g/mol. The summed E-state index contributed by atoms with van der Waals surface area (Å²) in [5.41, 5.74) is 3.14. The molecule has 0 radical (unpaired) electrons. The number of aromatic nitrogens is 2. The first-order chi connectivity index (χ1) is 14.2. The fourth-order valence-electron chi connectivity index (χ4n) is 3.49. The second kappa shape index (κ2) is 8.82. The van der Waals surface area contributed by atoms with E-state index in [0.29, 0.717) is 5.95 Å². The summed E-state index contributed by atoms with van der Waals surface area (Å²) in [4.78, 5) is 11.8. The van der Waals surface area contributed by atoms with Crippen molar-refractivity contribution in [3.05, 3.63) is 60.2 Å². The Morgan fingerprint density at radius 2 is 1.66 bits per heavy atom. The lowest BCUT2D eigenvalue weighted by Crippen LogP contribution is -2.30. The number of piperidine rings is 1. The molecule has 4 rings (SSSR count). The van der Waals surface area contributed by atoms with Gasteiger partial charge in [-0.05, 0) is 62.1 Å². The molecule has 2 N–H and O–H groups in total. The lowest BCUT2D eigenvalue weighted by Gasteiger charge is -2.28. The van der Waals surface area contributed by atoms with Crippen molar-refractivity contribution in [2.75, 3.05) is 35.7 Å². The molecule has 29 heavy (non-hydrogen) atoms. The van der Waals surface area contributed by atoms with Gasteiger partial charge in [-0.3, -0.25) is 0 Å². The number of aryl methyl sites for hydroxylation is 1. The van der Waals surface area contributed by atoms with Crippen LogP contribution in [0.4, 0.5) is 29.0 Å². The number of nitrogens with one attached hydrogen (secondary N) is 2. The highest BCUT2D eigenvalue weighted by atomic mass is 16.5. The molecule has 0 bridgehead atoms. The molecule has 0 atom stereocenters. The Morgan fingerprint density at radius 1 is 0.897 bits per heavy atom. The largest absolute Gasteiger partial charge is 0.497 e. The van der Waals surface area contributed by atoms with E-state index in [-0.39, 0.29) is 0 Å². The van der Waals surface area contributed by atoms with Crippen LogP contribution in [0.1, 0.15) is 24.8 Å². The van der Waals surface area contributed by atoms with E-state index in [2.05, 4.69) is 34.6 Å². The quantitative estimate of drug-likeness (QED) is 0.599. The maximum atomic E-state index is 5.24. The van der Waals surface area contributed by atoms with Gasteiger partial charge in [0.1, 0.15) is 17.4 Å². The molecule has 1 saturated heterocycles. The Bertz CT molecular complexity index is 952. The van der Waals surface area contributed by atoms with Gasteiger partial charge in [-0.1, -0.05) is 18.2 Å². The van der Waals surface area contributed by atoms with Crippen LogP contribution in [0.25, 0.3) is 0 Å². The SMILES string of the molecule is COc1ccc(Nc2nc(Nc3ccccc3C)cc(N3CCCCC3)n2)cc1. The third-order valence-electron chi connectivity index (χ3n) is 5.15. The van der Waals surface area contributed by atoms with Crippen LogP contribution in [0, 0.1) is 6.92 Å². The minimum absolute atomic E-state index is 0.578. The van der Waals surface area contributed by atoms with E-state index < -0.39 is 0 Å². The van der Waals surface area contributed by atoms with Crippen molar-refractivity contribution in [2.45, 2.75) is 26.2 Å². The van der Waals surface area contributed by atoms with E-state index >= 15 is 0 Å². The minimum Gasteiger partial charge on any atom is -0.497 e. The summed E-state index contributed by atoms with van der Waals surface area (Å²) in [6.45, 7) is 4.15. The first-order valence-electron chi connectivity index (χ1n) is 10.1. The number of ether oxygens (including phenoxy) is 1. The summed E-state index contributed by atoms with van der Waals surface area (Å²) < 4.78 is 5.24. The van der Waals surface area contributed by atoms with Crippen LogP contribution < -0.4 is 20.3 Å². The van der Waals surface area contributed by atoms with Crippen LogP contribution in [-0.2, 0) is 0 Å². The third-order valence-corrected chi connectivity index (χ3v) is 5.15. The second-order valence-corrected chi connectivity index (χ2v) is 7.28. The van der Waals surface area contributed by atoms with Crippen molar-refractivity contribution in [1.29, 1.82) is 0 Å². The van der Waals surface area contributed by atoms with Gasteiger partial charge in [0.05, 0.1) is 7.11 Å². The van der Waals surface area contributed by atoms with Crippen molar-refractivity contribution in [3.63, 3.8) is 0 Å². The van der Waals surface area contributed by atoms with Gasteiger partial charge in [-0.15, -0.1) is 0 Å². The van der Waals surface area contributed by atoms with E-state index in [9.17, 15) is 0 Å². The van der Waals surface area contributed by atoms with Gasteiger partial charge in [0.15, 0.2) is 0 Å². The summed E-state index contributed by atoms with van der Waals surface area (Å²) in [5.74, 6) is 3.13. The Labute approximate surface area is 172 Å². The monoisotopic (exact) mass is 389 g/mol. The Balaban J connectivity index is 1.64. The van der Waals surface area contributed by atoms with Crippen molar-refractivity contribution in [3.8, 4) is 5.75 Å². The highest BCUT2D eigenvalue weighted by molar-refractivity contribution is 5.66. The van der Waals surface area contributed by atoms with Gasteiger partial charge < -0.3 is 20.3 Å². The molecule has 0 aliphatic carbocycles. The average molecular weight is 390 g/mol. The average Bonchev–Trinajstić information content (AvgIpc) is 2.76. The molecule has 0 saturated carbocycles. The number of hydrogen-bond acceptors (Lipinski definition) is 6. The summed E-state index contributed by atoms with van der Waals surface area (Å²) in [6.07, 6.45) is 3.68. The smallest absolute Gasteiger partial charge is 0.231 e. The number of methoxy groups -OCH3 is 1. The predicted octanol–water partition coefficient (Wildman–Crippen LogP) is 5.27. The van der Waals surface area contributed by atoms with E-state index in [0.717, 1.165) is 41.8 Å². The van der Waals surface area contributed by atoms with Gasteiger partial charge >= 0.3 is 0 Å². The fraction of sp³-hybridized carbons (Fsp3) is 0.304. The van der Waals surface area contributed by atoms with Crippen molar-refractivity contribution < 1.29 is 4.74 Å². The van der Waals surface area contributed by atoms with Crippen molar-refractivity contribution >= 4 is 29.0 Å². The van der Waals surface area contributed by atoms with Crippen LogP contribution in [0.3, 0.4) is 0 Å². The first kappa shape index (κ1) is 19.1. The minimum atomic E-state index is 0.578. The Hall–Kier alpha value is -3.28. The number of benzene rings is 2. The summed E-state index contributed by atoms with van der Waals surface area (Å²) in [7, 11) is 1.66. The lowest BCUT2D eigenvalue weighted by atomic mass is 10.1. The molecule has 3 aromatic rings. The zero-order valence-corrected chi connectivity index (χ0v) is 17.0. The summed E-state index contributed by atoms with van der Waals surface area (Å²) in [5, 5.41) is 6.79. The Morgan fingerprint density at radius 3 is 2.38 bits per heavy atom. The standard InChI is InChI=1S/C23H27N5O/c1-17-8-4-5-9-20(17)25-21-16-22(28-14-6-3-7-15-28)27-23(26-21)24-18-10-12-19(29-2)13-11-18/h4-5,8-13,16H,3,6-7,14-15H2,1-2H3,(H2,24,25,26,27). The van der Waals surface area contributed by atoms with Crippen LogP contribution in [0.2, 0.25) is 0 Å². The Kier molecular flexibility index (Phi) is 5.79. The summed E-state index contributed by atoms with van der Waals surface area (Å²) in [6, 6.07) is 18.0. The zero-order chi connectivity index (χ0) is 20.1. The fourth-order valence-corrected chi connectivity index (χ4v) is 3.49. The van der Waals surface area contributed by atoms with E-state index in [4.69, 9.17) is 14.7 Å².